The molecule has 0 aliphatic rings. The second-order valence-corrected chi connectivity index (χ2v) is 7.17. The molecule has 0 unspecified atom stereocenters. The third kappa shape index (κ3) is 18.8. The van der Waals surface area contributed by atoms with Gasteiger partial charge in [0, 0.05) is 37.2 Å². The molecule has 0 heterocycles. The summed E-state index contributed by atoms with van der Waals surface area (Å²) < 4.78 is 5.05. The zero-order valence-electron chi connectivity index (χ0n) is 17.0. The molecule has 0 saturated carbocycles. The summed E-state index contributed by atoms with van der Waals surface area (Å²) in [5.41, 5.74) is 9.81. The highest BCUT2D eigenvalue weighted by Crippen LogP contribution is 2.09. The van der Waals surface area contributed by atoms with Crippen LogP contribution < -0.4 is 11.5 Å². The van der Waals surface area contributed by atoms with Gasteiger partial charge in [-0.05, 0) is 0 Å². The molecule has 0 aromatic rings. The largest absolute Gasteiger partial charge is 0.480 e. The normalized spacial score (nSPS) is 12.6. The number of carboxylic acids is 3. The van der Waals surface area contributed by atoms with Gasteiger partial charge in [-0.15, -0.1) is 0 Å². The van der Waals surface area contributed by atoms with E-state index in [-0.39, 0.29) is 18.8 Å². The van der Waals surface area contributed by atoms with Crippen molar-refractivity contribution in [2.24, 2.45) is 11.5 Å². The quantitative estimate of drug-likeness (QED) is 0.0797. The number of hydrogen-bond donors (Lipinski definition) is 8. The van der Waals surface area contributed by atoms with Gasteiger partial charge in [0.2, 0.25) is 0 Å². The summed E-state index contributed by atoms with van der Waals surface area (Å²) in [5, 5.41) is 35.2. The van der Waals surface area contributed by atoms with Crippen LogP contribution in [0.4, 0.5) is 0 Å². The van der Waals surface area contributed by atoms with Crippen molar-refractivity contribution in [2.75, 3.05) is 64.7 Å². The number of aliphatic hydroxyl groups excluding tert-OH is 1. The van der Waals surface area contributed by atoms with E-state index < -0.39 is 68.0 Å². The van der Waals surface area contributed by atoms with Crippen molar-refractivity contribution in [2.45, 2.75) is 11.4 Å². The molecule has 0 saturated heterocycles. The van der Waals surface area contributed by atoms with Crippen LogP contribution in [0, 0.1) is 0 Å². The second kappa shape index (κ2) is 19.1. The standard InChI is InChI=1S/C14H24N2O9S2.C2H8N2/c17-7-9(10(27)8-26)25-14(24)6-16(5-13(22)23)2-1-15(3-11(18)19)4-12(20)21;3-1-2-4/h9-10,17,26-27H,1-8H2,(H,18,19)(H,20,21)(H,22,23);1-4H2/t9-,10-;/m1./s1. The summed E-state index contributed by atoms with van der Waals surface area (Å²) in [6.45, 7) is -1.53. The lowest BCUT2D eigenvalue weighted by Gasteiger charge is -2.25. The summed E-state index contributed by atoms with van der Waals surface area (Å²) in [7, 11) is 0. The molecular formula is C16H32N4O9S2. The Bertz CT molecular complexity index is 539. The number of esters is 1. The van der Waals surface area contributed by atoms with Gasteiger partial charge in [0.05, 0.1) is 32.8 Å². The molecule has 0 bridgehead atoms. The molecule has 0 aliphatic heterocycles. The van der Waals surface area contributed by atoms with Gasteiger partial charge in [-0.2, -0.15) is 25.3 Å². The molecule has 8 N–H and O–H groups in total. The topological polar surface area (TPSA) is 217 Å². The van der Waals surface area contributed by atoms with Crippen LogP contribution in [0.3, 0.4) is 0 Å². The fourth-order valence-electron chi connectivity index (χ4n) is 2.03. The molecule has 0 aromatic carbocycles. The molecule has 0 spiro atoms. The van der Waals surface area contributed by atoms with Gasteiger partial charge >= 0.3 is 23.9 Å². The van der Waals surface area contributed by atoms with Crippen molar-refractivity contribution < 1.29 is 44.3 Å². The number of carboxylic acid groups (broad SMARTS) is 3. The maximum atomic E-state index is 12.0. The van der Waals surface area contributed by atoms with Crippen molar-refractivity contribution in [1.29, 1.82) is 0 Å². The minimum absolute atomic E-state index is 0.0807. The lowest BCUT2D eigenvalue weighted by atomic mass is 10.3. The Morgan fingerprint density at radius 1 is 0.839 bits per heavy atom. The average molecular weight is 489 g/mol. The molecule has 31 heavy (non-hydrogen) atoms. The SMILES string of the molecule is NCCN.O=C(O)CN(CCN(CC(=O)O)CC(=O)O[C@H](CO)[C@H](S)CS)CC(=O)O. The van der Waals surface area contributed by atoms with Crippen LogP contribution in [0.25, 0.3) is 0 Å². The van der Waals surface area contributed by atoms with Crippen molar-refractivity contribution in [3.05, 3.63) is 0 Å². The van der Waals surface area contributed by atoms with Crippen LogP contribution in [0.2, 0.25) is 0 Å². The number of aliphatic carboxylic acids is 3. The maximum Gasteiger partial charge on any atom is 0.320 e. The Kier molecular flexibility index (Phi) is 19.4. The number of nitrogens with zero attached hydrogens (tertiary/aromatic N) is 2. The number of rotatable bonds is 16. The fraction of sp³-hybridized carbons (Fsp3) is 0.750. The number of carbonyl (C=O) groups excluding carboxylic acids is 1. The van der Waals surface area contributed by atoms with Crippen molar-refractivity contribution in [1.82, 2.24) is 9.80 Å². The van der Waals surface area contributed by atoms with Crippen LogP contribution in [-0.4, -0.2) is 130 Å². The third-order valence-corrected chi connectivity index (χ3v) is 4.60. The van der Waals surface area contributed by atoms with Crippen molar-refractivity contribution >= 4 is 49.1 Å². The Morgan fingerprint density at radius 2 is 1.23 bits per heavy atom. The summed E-state index contributed by atoms with van der Waals surface area (Å²) in [5.74, 6) is -4.28. The molecule has 0 radical (unpaired) electrons. The summed E-state index contributed by atoms with van der Waals surface area (Å²) in [6, 6.07) is 0. The summed E-state index contributed by atoms with van der Waals surface area (Å²) >= 11 is 8.11. The second-order valence-electron chi connectivity index (χ2n) is 6.14. The van der Waals surface area contributed by atoms with Crippen LogP contribution in [-0.2, 0) is 23.9 Å². The van der Waals surface area contributed by atoms with Crippen LogP contribution in [0.15, 0.2) is 0 Å². The number of ether oxygens (including phenoxy) is 1. The van der Waals surface area contributed by atoms with Crippen LogP contribution in [0.5, 0.6) is 0 Å². The maximum absolute atomic E-state index is 12.0. The van der Waals surface area contributed by atoms with Gasteiger partial charge in [-0.1, -0.05) is 0 Å². The first-order valence-electron chi connectivity index (χ1n) is 9.10. The molecule has 0 amide bonds. The predicted molar refractivity (Wildman–Crippen MR) is 117 cm³/mol. The van der Waals surface area contributed by atoms with E-state index in [0.29, 0.717) is 13.1 Å². The van der Waals surface area contributed by atoms with E-state index in [9.17, 15) is 24.3 Å². The molecule has 15 heteroatoms. The van der Waals surface area contributed by atoms with E-state index in [2.05, 4.69) is 25.3 Å². The smallest absolute Gasteiger partial charge is 0.320 e. The van der Waals surface area contributed by atoms with E-state index >= 15 is 0 Å². The Morgan fingerprint density at radius 3 is 1.52 bits per heavy atom. The molecule has 0 aromatic heterocycles. The fourth-order valence-corrected chi connectivity index (χ4v) is 2.42. The van der Waals surface area contributed by atoms with E-state index in [1.165, 1.54) is 4.90 Å². The van der Waals surface area contributed by atoms with Crippen LogP contribution >= 0.6 is 25.3 Å². The van der Waals surface area contributed by atoms with Gasteiger partial charge in [-0.25, -0.2) is 0 Å². The molecular weight excluding hydrogens is 456 g/mol. The highest BCUT2D eigenvalue weighted by Gasteiger charge is 2.23. The minimum atomic E-state index is -1.24. The Balaban J connectivity index is 0. The van der Waals surface area contributed by atoms with E-state index in [1.807, 2.05) is 0 Å². The van der Waals surface area contributed by atoms with Gasteiger partial charge < -0.3 is 36.6 Å². The first-order valence-corrected chi connectivity index (χ1v) is 10.2. The molecule has 182 valence electrons. The number of aliphatic hydroxyl groups is 1. The molecule has 0 aliphatic carbocycles. The molecule has 13 nitrogen and oxygen atoms in total. The Labute approximate surface area is 191 Å². The van der Waals surface area contributed by atoms with Gasteiger partial charge in [0.25, 0.3) is 0 Å². The summed E-state index contributed by atoms with van der Waals surface area (Å²) in [6.07, 6.45) is -0.916. The molecule has 0 fully saturated rings. The number of thiol groups is 2. The first-order chi connectivity index (χ1) is 14.5. The van der Waals surface area contributed by atoms with Crippen molar-refractivity contribution in [3.8, 4) is 0 Å². The first kappa shape index (κ1) is 31.6. The third-order valence-electron chi connectivity index (χ3n) is 3.41. The van der Waals surface area contributed by atoms with E-state index in [4.69, 9.17) is 31.5 Å². The molecule has 2 atom stereocenters. The van der Waals surface area contributed by atoms with Crippen molar-refractivity contribution in [3.63, 3.8) is 0 Å². The lowest BCUT2D eigenvalue weighted by molar-refractivity contribution is -0.153. The highest BCUT2D eigenvalue weighted by atomic mass is 32.1. The minimum Gasteiger partial charge on any atom is -0.480 e. The number of nitrogens with two attached hydrogens (primary N) is 2. The zero-order valence-corrected chi connectivity index (χ0v) is 18.8. The number of carbonyl (C=O) groups is 4. The predicted octanol–water partition coefficient (Wildman–Crippen LogP) is -3.12. The summed E-state index contributed by atoms with van der Waals surface area (Å²) in [4.78, 5) is 46.8. The number of hydrogen-bond acceptors (Lipinski definition) is 12. The van der Waals surface area contributed by atoms with E-state index in [0.717, 1.165) is 4.90 Å². The highest BCUT2D eigenvalue weighted by molar-refractivity contribution is 7.84. The van der Waals surface area contributed by atoms with E-state index in [1.54, 1.807) is 0 Å². The van der Waals surface area contributed by atoms with Gasteiger partial charge in [0.1, 0.15) is 6.10 Å². The Hall–Kier alpha value is -1.62. The lowest BCUT2D eigenvalue weighted by Crippen LogP contribution is -2.44. The van der Waals surface area contributed by atoms with Gasteiger partial charge in [-0.3, -0.25) is 29.0 Å². The van der Waals surface area contributed by atoms with Crippen LogP contribution in [0.1, 0.15) is 0 Å². The monoisotopic (exact) mass is 488 g/mol. The zero-order chi connectivity index (χ0) is 24.4. The van der Waals surface area contributed by atoms with Gasteiger partial charge in [0.15, 0.2) is 0 Å². The average Bonchev–Trinajstić information content (AvgIpc) is 2.68. The molecule has 0 rings (SSSR count).